The number of aliphatic hydroxyl groups is 1. The number of halogens is 6. The molecule has 2 N–H and O–H groups in total. The molecule has 0 aliphatic carbocycles. The standard InChI is InChI=1S/C19H14F6N2O/c20-18(21,22)14-8-4-7-12-13(9-16(19(23,24)25)27-17(12)14)15(28)10-26-11-5-2-1-3-6-11/h1-9,15,26,28H,10H2/t15-/m0/s1. The Morgan fingerprint density at radius 2 is 1.57 bits per heavy atom. The van der Waals surface area contributed by atoms with Crippen LogP contribution >= 0.6 is 0 Å². The fourth-order valence-corrected chi connectivity index (χ4v) is 2.80. The van der Waals surface area contributed by atoms with E-state index in [2.05, 4.69) is 10.3 Å². The summed E-state index contributed by atoms with van der Waals surface area (Å²) >= 11 is 0. The molecule has 0 aliphatic rings. The highest BCUT2D eigenvalue weighted by molar-refractivity contribution is 5.86. The minimum absolute atomic E-state index is 0.190. The quantitative estimate of drug-likeness (QED) is 0.575. The van der Waals surface area contributed by atoms with Gasteiger partial charge in [-0.25, -0.2) is 4.98 Å². The zero-order valence-electron chi connectivity index (χ0n) is 14.1. The van der Waals surface area contributed by atoms with Crippen LogP contribution in [0.15, 0.2) is 54.6 Å². The number of aliphatic hydroxyl groups excluding tert-OH is 1. The average molecular weight is 400 g/mol. The van der Waals surface area contributed by atoms with Crippen LogP contribution in [-0.2, 0) is 12.4 Å². The van der Waals surface area contributed by atoms with Crippen molar-refractivity contribution < 1.29 is 31.4 Å². The van der Waals surface area contributed by atoms with E-state index in [4.69, 9.17) is 0 Å². The lowest BCUT2D eigenvalue weighted by molar-refractivity contribution is -0.142. The average Bonchev–Trinajstić information content (AvgIpc) is 2.64. The van der Waals surface area contributed by atoms with E-state index < -0.39 is 35.2 Å². The van der Waals surface area contributed by atoms with Gasteiger partial charge in [0.05, 0.1) is 17.2 Å². The molecule has 3 rings (SSSR count). The number of aromatic nitrogens is 1. The zero-order chi connectivity index (χ0) is 20.5. The molecule has 9 heteroatoms. The summed E-state index contributed by atoms with van der Waals surface area (Å²) in [7, 11) is 0. The van der Waals surface area contributed by atoms with E-state index in [0.29, 0.717) is 17.8 Å². The normalized spacial score (nSPS) is 13.5. The number of benzene rings is 2. The molecule has 0 amide bonds. The van der Waals surface area contributed by atoms with Crippen molar-refractivity contribution in [2.75, 3.05) is 11.9 Å². The number of nitrogens with one attached hydrogen (secondary N) is 1. The Morgan fingerprint density at radius 1 is 0.893 bits per heavy atom. The summed E-state index contributed by atoms with van der Waals surface area (Å²) in [6.07, 6.45) is -11.3. The molecule has 0 radical (unpaired) electrons. The highest BCUT2D eigenvalue weighted by atomic mass is 19.4. The van der Waals surface area contributed by atoms with Crippen LogP contribution in [-0.4, -0.2) is 16.6 Å². The van der Waals surface area contributed by atoms with Crippen molar-refractivity contribution >= 4 is 16.6 Å². The number of nitrogens with zero attached hydrogens (tertiary/aromatic N) is 1. The Morgan fingerprint density at radius 3 is 2.18 bits per heavy atom. The summed E-state index contributed by atoms with van der Waals surface area (Å²) in [5.74, 6) is 0. The fraction of sp³-hybridized carbons (Fsp3) is 0.211. The maximum atomic E-state index is 13.3. The Bertz CT molecular complexity index is 970. The van der Waals surface area contributed by atoms with E-state index in [1.54, 1.807) is 30.3 Å². The van der Waals surface area contributed by atoms with E-state index >= 15 is 0 Å². The van der Waals surface area contributed by atoms with Crippen LogP contribution in [0.4, 0.5) is 32.0 Å². The maximum absolute atomic E-state index is 13.3. The van der Waals surface area contributed by atoms with Crippen LogP contribution in [0, 0.1) is 0 Å². The van der Waals surface area contributed by atoms with E-state index in [1.807, 2.05) is 0 Å². The molecule has 0 fully saturated rings. The van der Waals surface area contributed by atoms with Gasteiger partial charge in [-0.3, -0.25) is 0 Å². The van der Waals surface area contributed by atoms with Gasteiger partial charge in [0.25, 0.3) is 0 Å². The molecule has 2 aromatic carbocycles. The molecule has 1 aromatic heterocycles. The van der Waals surface area contributed by atoms with E-state index in [-0.39, 0.29) is 17.5 Å². The van der Waals surface area contributed by atoms with Gasteiger partial charge in [0.1, 0.15) is 5.69 Å². The van der Waals surface area contributed by atoms with Crippen LogP contribution < -0.4 is 5.32 Å². The molecule has 3 nitrogen and oxygen atoms in total. The summed E-state index contributed by atoms with van der Waals surface area (Å²) in [6, 6.07) is 12.1. The SMILES string of the molecule is O[C@@H](CNc1ccccc1)c1cc(C(F)(F)F)nc2c(C(F)(F)F)cccc12. The van der Waals surface area contributed by atoms with Crippen molar-refractivity contribution in [3.05, 3.63) is 71.4 Å². The van der Waals surface area contributed by atoms with Crippen LogP contribution in [0.25, 0.3) is 10.9 Å². The maximum Gasteiger partial charge on any atom is 0.433 e. The van der Waals surface area contributed by atoms with E-state index in [0.717, 1.165) is 6.07 Å². The molecule has 0 saturated heterocycles. The fourth-order valence-electron chi connectivity index (χ4n) is 2.80. The summed E-state index contributed by atoms with van der Waals surface area (Å²) in [4.78, 5) is 3.20. The third-order valence-corrected chi connectivity index (χ3v) is 4.10. The molecule has 0 bridgehead atoms. The first-order chi connectivity index (χ1) is 13.1. The number of para-hydroxylation sites is 2. The summed E-state index contributed by atoms with van der Waals surface area (Å²) in [6.45, 7) is -0.198. The molecule has 28 heavy (non-hydrogen) atoms. The predicted octanol–water partition coefficient (Wildman–Crippen LogP) is 5.42. The smallest absolute Gasteiger partial charge is 0.387 e. The number of pyridine rings is 1. The van der Waals surface area contributed by atoms with Gasteiger partial charge in [-0.05, 0) is 29.8 Å². The molecule has 0 saturated carbocycles. The highest BCUT2D eigenvalue weighted by Gasteiger charge is 2.37. The topological polar surface area (TPSA) is 45.1 Å². The van der Waals surface area contributed by atoms with E-state index in [9.17, 15) is 31.4 Å². The second-order valence-corrected chi connectivity index (χ2v) is 6.06. The minimum atomic E-state index is -4.96. The van der Waals surface area contributed by atoms with Crippen molar-refractivity contribution in [3.8, 4) is 0 Å². The second kappa shape index (κ2) is 7.31. The number of hydrogen-bond acceptors (Lipinski definition) is 3. The molecule has 148 valence electrons. The van der Waals surface area contributed by atoms with Gasteiger partial charge in [0.15, 0.2) is 0 Å². The lowest BCUT2D eigenvalue weighted by Gasteiger charge is -2.19. The molecular weight excluding hydrogens is 386 g/mol. The number of anilines is 1. The number of fused-ring (bicyclic) bond motifs is 1. The third-order valence-electron chi connectivity index (χ3n) is 4.10. The largest absolute Gasteiger partial charge is 0.433 e. The van der Waals surface area contributed by atoms with Gasteiger partial charge in [-0.15, -0.1) is 0 Å². The van der Waals surface area contributed by atoms with Gasteiger partial charge < -0.3 is 10.4 Å². The van der Waals surface area contributed by atoms with Gasteiger partial charge in [-0.2, -0.15) is 26.3 Å². The molecule has 1 heterocycles. The van der Waals surface area contributed by atoms with Crippen molar-refractivity contribution in [1.82, 2.24) is 4.98 Å². The Balaban J connectivity index is 2.09. The summed E-state index contributed by atoms with van der Waals surface area (Å²) in [5, 5.41) is 13.1. The summed E-state index contributed by atoms with van der Waals surface area (Å²) in [5.41, 5.74) is -3.32. The first-order valence-corrected chi connectivity index (χ1v) is 8.12. The highest BCUT2D eigenvalue weighted by Crippen LogP contribution is 2.38. The van der Waals surface area contributed by atoms with E-state index in [1.165, 1.54) is 6.07 Å². The van der Waals surface area contributed by atoms with Crippen molar-refractivity contribution in [2.45, 2.75) is 18.5 Å². The number of alkyl halides is 6. The number of rotatable bonds is 4. The lowest BCUT2D eigenvalue weighted by Crippen LogP contribution is -2.17. The molecule has 1 atom stereocenters. The predicted molar refractivity (Wildman–Crippen MR) is 91.6 cm³/mol. The minimum Gasteiger partial charge on any atom is -0.387 e. The lowest BCUT2D eigenvalue weighted by atomic mass is 9.99. The number of hydrogen-bond donors (Lipinski definition) is 2. The molecular formula is C19H14F6N2O. The zero-order valence-corrected chi connectivity index (χ0v) is 14.1. The Hall–Kier alpha value is -2.81. The monoisotopic (exact) mass is 400 g/mol. The van der Waals surface area contributed by atoms with Crippen LogP contribution in [0.5, 0.6) is 0 Å². The van der Waals surface area contributed by atoms with Crippen molar-refractivity contribution in [3.63, 3.8) is 0 Å². The Labute approximate surface area is 155 Å². The van der Waals surface area contributed by atoms with Crippen LogP contribution in [0.2, 0.25) is 0 Å². The molecule has 3 aromatic rings. The van der Waals surface area contributed by atoms with Gasteiger partial charge in [0, 0.05) is 17.6 Å². The van der Waals surface area contributed by atoms with Gasteiger partial charge >= 0.3 is 12.4 Å². The van der Waals surface area contributed by atoms with Gasteiger partial charge in [-0.1, -0.05) is 30.3 Å². The van der Waals surface area contributed by atoms with Crippen LogP contribution in [0.3, 0.4) is 0 Å². The first-order valence-electron chi connectivity index (χ1n) is 8.12. The second-order valence-electron chi connectivity index (χ2n) is 6.06. The van der Waals surface area contributed by atoms with Crippen molar-refractivity contribution in [2.24, 2.45) is 0 Å². The van der Waals surface area contributed by atoms with Gasteiger partial charge in [0.2, 0.25) is 0 Å². The Kier molecular flexibility index (Phi) is 5.20. The molecule has 0 unspecified atom stereocenters. The molecule has 0 aliphatic heterocycles. The molecule has 0 spiro atoms. The summed E-state index contributed by atoms with van der Waals surface area (Å²) < 4.78 is 79.3. The first kappa shape index (κ1) is 19.9. The van der Waals surface area contributed by atoms with Crippen molar-refractivity contribution in [1.29, 1.82) is 0 Å². The third kappa shape index (κ3) is 4.19. The van der Waals surface area contributed by atoms with Crippen LogP contribution in [0.1, 0.15) is 22.9 Å².